The minimum absolute atomic E-state index is 0.0510. The Hall–Kier alpha value is -2.26. The highest BCUT2D eigenvalue weighted by molar-refractivity contribution is 7.89. The van der Waals surface area contributed by atoms with Crippen molar-refractivity contribution in [2.45, 2.75) is 75.2 Å². The summed E-state index contributed by atoms with van der Waals surface area (Å²) in [7, 11) is -2.39. The average Bonchev–Trinajstić information content (AvgIpc) is 3.10. The first-order valence-electron chi connectivity index (χ1n) is 18.4. The number of ether oxygens (including phenoxy) is 1. The van der Waals surface area contributed by atoms with Crippen molar-refractivity contribution in [3.05, 3.63) is 54.1 Å². The van der Waals surface area contributed by atoms with Gasteiger partial charge in [0.05, 0.1) is 12.0 Å². The number of aliphatic hydroxyl groups is 1. The molecule has 2 aliphatic heterocycles. The van der Waals surface area contributed by atoms with E-state index in [4.69, 9.17) is 4.74 Å². The van der Waals surface area contributed by atoms with Crippen LogP contribution in [0.3, 0.4) is 0 Å². The van der Waals surface area contributed by atoms with E-state index >= 15 is 0 Å². The van der Waals surface area contributed by atoms with Crippen molar-refractivity contribution < 1.29 is 26.7 Å². The normalized spacial score (nSPS) is 25.4. The van der Waals surface area contributed by atoms with Gasteiger partial charge < -0.3 is 19.6 Å². The zero-order valence-electron chi connectivity index (χ0n) is 30.5. The van der Waals surface area contributed by atoms with Crippen molar-refractivity contribution in [3.8, 4) is 5.75 Å². The van der Waals surface area contributed by atoms with Crippen molar-refractivity contribution in [3.63, 3.8) is 0 Å². The molecule has 3 aliphatic rings. The van der Waals surface area contributed by atoms with Crippen LogP contribution in [-0.4, -0.2) is 120 Å². The number of rotatable bonds is 9. The molecule has 0 spiro atoms. The zero-order chi connectivity index (χ0) is 35.9. The van der Waals surface area contributed by atoms with Crippen LogP contribution in [0, 0.1) is 11.8 Å². The summed E-state index contributed by atoms with van der Waals surface area (Å²) in [5.74, 6) is 0.966. The Bertz CT molecular complexity index is 1600. The van der Waals surface area contributed by atoms with Gasteiger partial charge in [-0.2, -0.15) is 21.3 Å². The van der Waals surface area contributed by atoms with E-state index in [2.05, 4.69) is 4.90 Å². The highest BCUT2D eigenvalue weighted by atomic mass is 32.2. The average molecular weight is 734 g/mol. The third-order valence-corrected chi connectivity index (χ3v) is 14.5. The summed E-state index contributed by atoms with van der Waals surface area (Å²) >= 11 is 0. The van der Waals surface area contributed by atoms with Gasteiger partial charge in [0.15, 0.2) is 0 Å². The molecule has 3 fully saturated rings. The molecule has 280 valence electrons. The molecule has 0 unspecified atom stereocenters. The van der Waals surface area contributed by atoms with Crippen LogP contribution >= 0.6 is 0 Å². The predicted molar refractivity (Wildman–Crippen MR) is 199 cm³/mol. The summed E-state index contributed by atoms with van der Waals surface area (Å²) in [5, 5.41) is 11.8. The lowest BCUT2D eigenvalue weighted by molar-refractivity contribution is -0.0141. The third-order valence-electron chi connectivity index (χ3n) is 10.7. The van der Waals surface area contributed by atoms with Crippen LogP contribution in [0.1, 0.15) is 70.3 Å². The molecule has 2 saturated heterocycles. The quantitative estimate of drug-likeness (QED) is 0.399. The highest BCUT2D eigenvalue weighted by Crippen LogP contribution is 2.35. The number of hydrogen-bond acceptors (Lipinski definition) is 8. The van der Waals surface area contributed by atoms with Gasteiger partial charge in [-0.25, -0.2) is 8.42 Å². The fourth-order valence-corrected chi connectivity index (χ4v) is 11.4. The van der Waals surface area contributed by atoms with Crippen LogP contribution in [0.4, 0.5) is 5.69 Å². The zero-order valence-corrected chi connectivity index (χ0v) is 32.2. The number of hydrogen-bond donors (Lipinski definition) is 1. The Balaban J connectivity index is 1.40. The first-order chi connectivity index (χ1) is 23.8. The van der Waals surface area contributed by atoms with Gasteiger partial charge in [-0.15, -0.1) is 0 Å². The second-order valence-corrected chi connectivity index (χ2v) is 18.8. The monoisotopic (exact) mass is 733 g/mol. The van der Waals surface area contributed by atoms with Gasteiger partial charge in [0.1, 0.15) is 11.4 Å². The highest BCUT2D eigenvalue weighted by Gasteiger charge is 2.42. The van der Waals surface area contributed by atoms with Crippen molar-refractivity contribution >= 4 is 25.9 Å². The molecular formula is C37H59N5O6S2. The first-order valence-corrected chi connectivity index (χ1v) is 21.3. The van der Waals surface area contributed by atoms with E-state index in [0.29, 0.717) is 62.5 Å². The van der Waals surface area contributed by atoms with E-state index in [-0.39, 0.29) is 30.4 Å². The van der Waals surface area contributed by atoms with E-state index in [1.807, 2.05) is 56.3 Å². The molecule has 13 heteroatoms. The topological polar surface area (TPSA) is 114 Å². The molecule has 5 rings (SSSR count). The van der Waals surface area contributed by atoms with Crippen LogP contribution in [0.15, 0.2) is 53.4 Å². The second-order valence-electron chi connectivity index (χ2n) is 14.9. The first kappa shape index (κ1) is 39.0. The predicted octanol–water partition coefficient (Wildman–Crippen LogP) is 4.59. The van der Waals surface area contributed by atoms with E-state index < -0.39 is 25.8 Å². The number of β-amino-alcohol motifs (C(OH)–C–C–N with tert-alkyl or cyclic N) is 1. The van der Waals surface area contributed by atoms with Crippen LogP contribution < -0.4 is 9.64 Å². The fraction of sp³-hybridized carbons (Fsp3) is 0.676. The molecule has 1 N–H and O–H groups in total. The molecule has 2 aromatic carbocycles. The summed E-state index contributed by atoms with van der Waals surface area (Å²) < 4.78 is 67.2. The van der Waals surface area contributed by atoms with Crippen LogP contribution in [0.25, 0.3) is 0 Å². The standard InChI is InChI=1S/C37H59N5O6S2/c1-31-27-40(49(44,45)36-18-16-34(17-19-36)38(2)3)24-10-21-39(29-32-12-6-5-7-13-32)22-11-25-41(28-31)50(46,47)42-23-9-20-37(43,30-42)33-14-8-15-35(26-33)48-4/h8,14-19,26,31-32,43H,5-7,9-13,20-25,27-30H2,1-4H3/t31-,37+/m0/s1. The van der Waals surface area contributed by atoms with Crippen molar-refractivity contribution in [2.75, 3.05) is 85.0 Å². The Kier molecular flexibility index (Phi) is 13.3. The molecule has 1 saturated carbocycles. The van der Waals surface area contributed by atoms with Gasteiger partial charge in [-0.3, -0.25) is 0 Å². The van der Waals surface area contributed by atoms with E-state index in [1.54, 1.807) is 33.9 Å². The summed E-state index contributed by atoms with van der Waals surface area (Å²) in [4.78, 5) is 4.62. The van der Waals surface area contributed by atoms with Gasteiger partial charge >= 0.3 is 0 Å². The molecule has 11 nitrogen and oxygen atoms in total. The van der Waals surface area contributed by atoms with E-state index in [1.165, 1.54) is 36.4 Å². The number of nitrogens with zero attached hydrogens (tertiary/aromatic N) is 5. The molecule has 2 heterocycles. The maximum Gasteiger partial charge on any atom is 0.282 e. The minimum Gasteiger partial charge on any atom is -0.497 e. The molecule has 0 bridgehead atoms. The second kappa shape index (κ2) is 17.0. The molecule has 2 atom stereocenters. The Labute approximate surface area is 301 Å². The van der Waals surface area contributed by atoms with E-state index in [0.717, 1.165) is 25.3 Å². The lowest BCUT2D eigenvalue weighted by Gasteiger charge is -2.41. The lowest BCUT2D eigenvalue weighted by Crippen LogP contribution is -2.54. The van der Waals surface area contributed by atoms with E-state index in [9.17, 15) is 21.9 Å². The molecule has 1 aliphatic carbocycles. The van der Waals surface area contributed by atoms with Crippen LogP contribution in [0.5, 0.6) is 5.75 Å². The largest absolute Gasteiger partial charge is 0.497 e. The van der Waals surface area contributed by atoms with Crippen molar-refractivity contribution in [1.82, 2.24) is 17.8 Å². The smallest absolute Gasteiger partial charge is 0.282 e. The maximum absolute atomic E-state index is 14.5. The third kappa shape index (κ3) is 9.58. The van der Waals surface area contributed by atoms with Gasteiger partial charge in [0, 0.05) is 65.6 Å². The van der Waals surface area contributed by atoms with Gasteiger partial charge in [-0.05, 0) is 105 Å². The number of benzene rings is 2. The molecular weight excluding hydrogens is 675 g/mol. The molecule has 0 radical (unpaired) electrons. The van der Waals surface area contributed by atoms with Crippen molar-refractivity contribution in [1.29, 1.82) is 0 Å². The molecule has 50 heavy (non-hydrogen) atoms. The summed E-state index contributed by atoms with van der Waals surface area (Å²) in [6.07, 6.45) is 8.57. The van der Waals surface area contributed by atoms with Gasteiger partial charge in [0.25, 0.3) is 10.2 Å². The maximum atomic E-state index is 14.5. The van der Waals surface area contributed by atoms with Crippen LogP contribution in [0.2, 0.25) is 0 Å². The SMILES string of the molecule is COc1cccc([C@@]2(O)CCCN(S(=O)(=O)N3CCCN(CC4CCCCC4)CCCN(S(=O)(=O)c4ccc(N(C)C)cc4)C[C@H](C)C3)C2)c1. The Morgan fingerprint density at radius 3 is 2.12 bits per heavy atom. The number of methoxy groups -OCH3 is 1. The van der Waals surface area contributed by atoms with Crippen molar-refractivity contribution in [2.24, 2.45) is 11.8 Å². The lowest BCUT2D eigenvalue weighted by atomic mass is 9.86. The summed E-state index contributed by atoms with van der Waals surface area (Å²) in [6, 6.07) is 14.2. The summed E-state index contributed by atoms with van der Waals surface area (Å²) in [5.41, 5.74) is 0.208. The van der Waals surface area contributed by atoms with Gasteiger partial charge in [0.2, 0.25) is 10.0 Å². The Morgan fingerprint density at radius 2 is 1.46 bits per heavy atom. The molecule has 2 aromatic rings. The van der Waals surface area contributed by atoms with Gasteiger partial charge in [-0.1, -0.05) is 38.3 Å². The fourth-order valence-electron chi connectivity index (χ4n) is 7.91. The van der Waals surface area contributed by atoms with Crippen LogP contribution in [-0.2, 0) is 25.8 Å². The molecule has 0 amide bonds. The number of sulfonamides is 1. The summed E-state index contributed by atoms with van der Waals surface area (Å²) in [6.45, 7) is 5.78. The minimum atomic E-state index is -3.98. The molecule has 0 aromatic heterocycles. The number of anilines is 1. The Morgan fingerprint density at radius 1 is 0.820 bits per heavy atom. The number of piperidine rings is 1.